The zero-order valence-corrected chi connectivity index (χ0v) is 13.6. The molecule has 2 aromatic rings. The third kappa shape index (κ3) is 4.33. The van der Waals surface area contributed by atoms with Crippen molar-refractivity contribution in [2.75, 3.05) is 13.7 Å². The first-order valence-electron chi connectivity index (χ1n) is 6.66. The number of carbonyl (C=O) groups excluding carboxylic acids is 1. The zero-order chi connectivity index (χ0) is 15.2. The second kappa shape index (κ2) is 7.27. The molecule has 0 unspecified atom stereocenters. The van der Waals surface area contributed by atoms with Crippen LogP contribution >= 0.6 is 15.9 Å². The summed E-state index contributed by atoms with van der Waals surface area (Å²) in [7, 11) is 1.65. The number of benzene rings is 2. The van der Waals surface area contributed by atoms with Gasteiger partial charge in [0.2, 0.25) is 0 Å². The average Bonchev–Trinajstić information content (AvgIpc) is 2.48. The third-order valence-corrected chi connectivity index (χ3v) is 3.62. The van der Waals surface area contributed by atoms with E-state index in [1.807, 2.05) is 36.4 Å². The molecule has 4 heteroatoms. The molecule has 0 spiro atoms. The molecule has 0 radical (unpaired) electrons. The number of methoxy groups -OCH3 is 1. The molecule has 0 heterocycles. The molecule has 0 saturated heterocycles. The van der Waals surface area contributed by atoms with Gasteiger partial charge in [-0.25, -0.2) is 0 Å². The third-order valence-electron chi connectivity index (χ3n) is 3.13. The maximum Gasteiger partial charge on any atom is 0.163 e. The van der Waals surface area contributed by atoms with E-state index in [9.17, 15) is 4.79 Å². The minimum atomic E-state index is 0.00180. The summed E-state index contributed by atoms with van der Waals surface area (Å²) in [4.78, 5) is 11.6. The lowest BCUT2D eigenvalue weighted by molar-refractivity contribution is 0.101. The monoisotopic (exact) mass is 348 g/mol. The Bertz CT molecular complexity index is 620. The number of ether oxygens (including phenoxy) is 2. The highest BCUT2D eigenvalue weighted by Gasteiger charge is 2.09. The Morgan fingerprint density at radius 1 is 1.14 bits per heavy atom. The fourth-order valence-corrected chi connectivity index (χ4v) is 2.32. The van der Waals surface area contributed by atoms with Crippen molar-refractivity contribution in [3.63, 3.8) is 0 Å². The fourth-order valence-electron chi connectivity index (χ4n) is 1.98. The van der Waals surface area contributed by atoms with Gasteiger partial charge in [-0.1, -0.05) is 28.1 Å². The summed E-state index contributed by atoms with van der Waals surface area (Å²) in [6.45, 7) is 2.06. The fraction of sp³-hybridized carbons (Fsp3) is 0.235. The Morgan fingerprint density at radius 3 is 2.48 bits per heavy atom. The Balaban J connectivity index is 1.99. The average molecular weight is 349 g/mol. The molecule has 2 rings (SSSR count). The molecule has 3 nitrogen and oxygen atoms in total. The van der Waals surface area contributed by atoms with Gasteiger partial charge in [0.05, 0.1) is 19.3 Å². The molecule has 21 heavy (non-hydrogen) atoms. The van der Waals surface area contributed by atoms with Crippen LogP contribution in [0.5, 0.6) is 11.5 Å². The van der Waals surface area contributed by atoms with Gasteiger partial charge in [0.15, 0.2) is 5.78 Å². The first-order valence-corrected chi connectivity index (χ1v) is 7.45. The Hall–Kier alpha value is -1.81. The molecule has 0 aromatic heterocycles. The lowest BCUT2D eigenvalue weighted by Crippen LogP contribution is -2.05. The summed E-state index contributed by atoms with van der Waals surface area (Å²) in [5, 5.41) is 0. The van der Waals surface area contributed by atoms with Crippen molar-refractivity contribution in [3.8, 4) is 11.5 Å². The molecular formula is C17H17BrO3. The lowest BCUT2D eigenvalue weighted by atomic mass is 10.1. The second-order valence-electron chi connectivity index (χ2n) is 4.64. The van der Waals surface area contributed by atoms with Gasteiger partial charge < -0.3 is 9.47 Å². The smallest absolute Gasteiger partial charge is 0.163 e. The molecule has 0 aliphatic rings. The summed E-state index contributed by atoms with van der Waals surface area (Å²) in [5.41, 5.74) is 1.77. The highest BCUT2D eigenvalue weighted by Crippen LogP contribution is 2.24. The Labute approximate surface area is 133 Å². The number of Topliss-reactive ketones (excluding diaryl/α,β-unsaturated/α-hetero) is 1. The predicted octanol–water partition coefficient (Wildman–Crippen LogP) is 4.28. The van der Waals surface area contributed by atoms with Crippen LogP contribution in [0.4, 0.5) is 0 Å². The topological polar surface area (TPSA) is 35.5 Å². The van der Waals surface area contributed by atoms with E-state index >= 15 is 0 Å². The lowest BCUT2D eigenvalue weighted by Gasteiger charge is -2.10. The molecule has 0 fully saturated rings. The highest BCUT2D eigenvalue weighted by atomic mass is 79.9. The molecule has 0 aliphatic heterocycles. The number of hydrogen-bond acceptors (Lipinski definition) is 3. The van der Waals surface area contributed by atoms with E-state index in [0.29, 0.717) is 17.9 Å². The van der Waals surface area contributed by atoms with Crippen LogP contribution in [0.2, 0.25) is 0 Å². The van der Waals surface area contributed by atoms with E-state index in [1.54, 1.807) is 20.1 Å². The van der Waals surface area contributed by atoms with Crippen molar-refractivity contribution >= 4 is 21.7 Å². The zero-order valence-electron chi connectivity index (χ0n) is 12.1. The van der Waals surface area contributed by atoms with Crippen LogP contribution in [-0.4, -0.2) is 19.5 Å². The molecule has 110 valence electrons. The van der Waals surface area contributed by atoms with Crippen molar-refractivity contribution in [1.29, 1.82) is 0 Å². The maximum absolute atomic E-state index is 11.6. The Kier molecular flexibility index (Phi) is 5.39. The van der Waals surface area contributed by atoms with Crippen LogP contribution in [0.25, 0.3) is 0 Å². The number of halogens is 1. The minimum absolute atomic E-state index is 0.00180. The summed E-state index contributed by atoms with van der Waals surface area (Å²) < 4.78 is 11.8. The number of ketones is 1. The van der Waals surface area contributed by atoms with Gasteiger partial charge in [-0.05, 0) is 42.8 Å². The second-order valence-corrected chi connectivity index (χ2v) is 5.56. The molecule has 0 atom stereocenters. The first kappa shape index (κ1) is 15.6. The van der Waals surface area contributed by atoms with Crippen LogP contribution in [-0.2, 0) is 6.42 Å². The maximum atomic E-state index is 11.6. The van der Waals surface area contributed by atoms with Gasteiger partial charge in [-0.2, -0.15) is 0 Å². The van der Waals surface area contributed by atoms with Crippen molar-refractivity contribution in [2.45, 2.75) is 13.3 Å². The highest BCUT2D eigenvalue weighted by molar-refractivity contribution is 9.10. The summed E-state index contributed by atoms with van der Waals surface area (Å²) in [6.07, 6.45) is 0.772. The quantitative estimate of drug-likeness (QED) is 0.730. The van der Waals surface area contributed by atoms with Crippen molar-refractivity contribution in [2.24, 2.45) is 0 Å². The predicted molar refractivity (Wildman–Crippen MR) is 86.3 cm³/mol. The van der Waals surface area contributed by atoms with Gasteiger partial charge in [-0.15, -0.1) is 0 Å². The Morgan fingerprint density at radius 2 is 1.86 bits per heavy atom. The van der Waals surface area contributed by atoms with Crippen LogP contribution in [0, 0.1) is 0 Å². The molecule has 2 aromatic carbocycles. The SMILES string of the molecule is COc1ccc(CCOc2cc(Br)ccc2C(C)=O)cc1. The molecule has 0 bridgehead atoms. The summed E-state index contributed by atoms with van der Waals surface area (Å²) >= 11 is 3.39. The molecule has 0 N–H and O–H groups in total. The molecule has 0 aliphatic carbocycles. The molecule has 0 amide bonds. The van der Waals surface area contributed by atoms with Gasteiger partial charge in [-0.3, -0.25) is 4.79 Å². The van der Waals surface area contributed by atoms with Gasteiger partial charge >= 0.3 is 0 Å². The standard InChI is InChI=1S/C17H17BrO3/c1-12(19)16-8-5-14(18)11-17(16)21-10-9-13-3-6-15(20-2)7-4-13/h3-8,11H,9-10H2,1-2H3. The normalized spacial score (nSPS) is 10.2. The van der Waals surface area contributed by atoms with Crippen LogP contribution in [0.1, 0.15) is 22.8 Å². The number of carbonyl (C=O) groups is 1. The minimum Gasteiger partial charge on any atom is -0.497 e. The number of hydrogen-bond donors (Lipinski definition) is 0. The first-order chi connectivity index (χ1) is 10.1. The van der Waals surface area contributed by atoms with Crippen LogP contribution in [0.3, 0.4) is 0 Å². The van der Waals surface area contributed by atoms with Crippen molar-refractivity contribution < 1.29 is 14.3 Å². The van der Waals surface area contributed by atoms with E-state index in [0.717, 1.165) is 22.2 Å². The van der Waals surface area contributed by atoms with Crippen LogP contribution < -0.4 is 9.47 Å². The largest absolute Gasteiger partial charge is 0.497 e. The van der Waals surface area contributed by atoms with E-state index in [1.165, 1.54) is 0 Å². The molecular weight excluding hydrogens is 332 g/mol. The summed E-state index contributed by atoms with van der Waals surface area (Å²) in [5.74, 6) is 1.46. The van der Waals surface area contributed by atoms with Crippen molar-refractivity contribution in [3.05, 3.63) is 58.1 Å². The van der Waals surface area contributed by atoms with Gasteiger partial charge in [0.25, 0.3) is 0 Å². The van der Waals surface area contributed by atoms with E-state index in [-0.39, 0.29) is 5.78 Å². The van der Waals surface area contributed by atoms with E-state index < -0.39 is 0 Å². The number of rotatable bonds is 6. The van der Waals surface area contributed by atoms with Crippen LogP contribution in [0.15, 0.2) is 46.9 Å². The summed E-state index contributed by atoms with van der Waals surface area (Å²) in [6, 6.07) is 13.3. The van der Waals surface area contributed by atoms with E-state index in [2.05, 4.69) is 15.9 Å². The van der Waals surface area contributed by atoms with E-state index in [4.69, 9.17) is 9.47 Å². The van der Waals surface area contributed by atoms with Gasteiger partial charge in [0, 0.05) is 10.9 Å². The van der Waals surface area contributed by atoms with Gasteiger partial charge in [0.1, 0.15) is 11.5 Å². The molecule has 0 saturated carbocycles. The van der Waals surface area contributed by atoms with Crippen molar-refractivity contribution in [1.82, 2.24) is 0 Å².